The van der Waals surface area contributed by atoms with Crippen molar-refractivity contribution in [3.63, 3.8) is 0 Å². The van der Waals surface area contributed by atoms with Crippen molar-refractivity contribution in [2.75, 3.05) is 0 Å². The maximum absolute atomic E-state index is 6.24. The van der Waals surface area contributed by atoms with E-state index in [9.17, 15) is 0 Å². The smallest absolute Gasteiger partial charge is 0.158 e. The average Bonchev–Trinajstić information content (AvgIpc) is 2.49. The lowest BCUT2D eigenvalue weighted by Gasteiger charge is -2.25. The van der Waals surface area contributed by atoms with Gasteiger partial charge in [-0.25, -0.2) is 4.99 Å². The molecule has 0 saturated heterocycles. The van der Waals surface area contributed by atoms with E-state index >= 15 is 0 Å². The number of nitrogens with one attached hydrogen (secondary N) is 1. The Labute approximate surface area is 122 Å². The molecular formula is C16H16N4O. The Kier molecular flexibility index (Phi) is 3.33. The molecule has 3 rings (SSSR count). The Hall–Kier alpha value is -2.79. The van der Waals surface area contributed by atoms with Crippen LogP contribution in [0.1, 0.15) is 5.56 Å². The lowest BCUT2D eigenvalue weighted by Crippen LogP contribution is -2.39. The van der Waals surface area contributed by atoms with E-state index in [1.165, 1.54) is 6.34 Å². The molecule has 0 saturated carbocycles. The molecule has 106 valence electrons. The molecule has 1 aliphatic rings. The first-order chi connectivity index (χ1) is 10.2. The van der Waals surface area contributed by atoms with Crippen LogP contribution < -0.4 is 21.5 Å². The molecule has 1 heterocycles. The zero-order chi connectivity index (χ0) is 14.7. The summed E-state index contributed by atoms with van der Waals surface area (Å²) in [6.07, 6.45) is 3.18. The van der Waals surface area contributed by atoms with E-state index in [0.717, 1.165) is 17.1 Å². The second-order valence-electron chi connectivity index (χ2n) is 4.77. The topological polar surface area (TPSA) is 85.7 Å². The van der Waals surface area contributed by atoms with Crippen molar-refractivity contribution < 1.29 is 4.74 Å². The van der Waals surface area contributed by atoms with Gasteiger partial charge in [-0.2, -0.15) is 0 Å². The third-order valence-electron chi connectivity index (χ3n) is 3.18. The number of hydrogen-bond donors (Lipinski definition) is 3. The maximum Gasteiger partial charge on any atom is 0.158 e. The minimum absolute atomic E-state index is 0.483. The van der Waals surface area contributed by atoms with E-state index in [-0.39, 0.29) is 0 Å². The highest BCUT2D eigenvalue weighted by Crippen LogP contribution is 2.27. The fourth-order valence-corrected chi connectivity index (χ4v) is 2.10. The first-order valence-electron chi connectivity index (χ1n) is 6.57. The number of hydrogen-bond acceptors (Lipinski definition) is 5. The number of ether oxygens (including phenoxy) is 1. The van der Waals surface area contributed by atoms with E-state index in [2.05, 4.69) is 10.3 Å². The first-order valence-corrected chi connectivity index (χ1v) is 6.57. The lowest BCUT2D eigenvalue weighted by atomic mass is 10.00. The van der Waals surface area contributed by atoms with Gasteiger partial charge in [-0.3, -0.25) is 5.73 Å². The largest absolute Gasteiger partial charge is 0.457 e. The highest BCUT2D eigenvalue weighted by molar-refractivity contribution is 5.61. The summed E-state index contributed by atoms with van der Waals surface area (Å²) in [5, 5.41) is 2.79. The van der Waals surface area contributed by atoms with Gasteiger partial charge >= 0.3 is 0 Å². The quantitative estimate of drug-likeness (QED) is 0.803. The summed E-state index contributed by atoms with van der Waals surface area (Å²) in [5.74, 6) is 2.01. The summed E-state index contributed by atoms with van der Waals surface area (Å²) in [6, 6.07) is 17.1. The number of para-hydroxylation sites is 1. The number of rotatable bonds is 3. The van der Waals surface area contributed by atoms with Crippen molar-refractivity contribution in [1.29, 1.82) is 0 Å². The van der Waals surface area contributed by atoms with Gasteiger partial charge in [0, 0.05) is 6.08 Å². The van der Waals surface area contributed by atoms with Gasteiger partial charge in [0.15, 0.2) is 5.66 Å². The van der Waals surface area contributed by atoms with Gasteiger partial charge < -0.3 is 15.8 Å². The Morgan fingerprint density at radius 2 is 1.62 bits per heavy atom. The molecule has 1 unspecified atom stereocenters. The van der Waals surface area contributed by atoms with Crippen LogP contribution in [0.5, 0.6) is 11.5 Å². The maximum atomic E-state index is 6.24. The predicted molar refractivity (Wildman–Crippen MR) is 82.7 cm³/mol. The van der Waals surface area contributed by atoms with Crippen molar-refractivity contribution >= 4 is 6.34 Å². The third kappa shape index (κ3) is 2.88. The third-order valence-corrected chi connectivity index (χ3v) is 3.18. The van der Waals surface area contributed by atoms with Crippen molar-refractivity contribution in [3.05, 3.63) is 72.1 Å². The molecule has 2 aromatic rings. The summed E-state index contributed by atoms with van der Waals surface area (Å²) in [6.45, 7) is 0. The summed E-state index contributed by atoms with van der Waals surface area (Å²) >= 11 is 0. The second kappa shape index (κ2) is 5.30. The van der Waals surface area contributed by atoms with Gasteiger partial charge in [0.05, 0.1) is 6.34 Å². The molecule has 0 aliphatic carbocycles. The summed E-state index contributed by atoms with van der Waals surface area (Å²) in [5.41, 5.74) is 11.9. The molecule has 5 N–H and O–H groups in total. The zero-order valence-corrected chi connectivity index (χ0v) is 11.4. The van der Waals surface area contributed by atoms with E-state index in [1.54, 1.807) is 6.08 Å². The molecule has 0 spiro atoms. The minimum Gasteiger partial charge on any atom is -0.457 e. The van der Waals surface area contributed by atoms with Crippen LogP contribution >= 0.6 is 0 Å². The van der Waals surface area contributed by atoms with Crippen molar-refractivity contribution in [1.82, 2.24) is 5.32 Å². The van der Waals surface area contributed by atoms with Crippen molar-refractivity contribution in [3.8, 4) is 11.5 Å². The Morgan fingerprint density at radius 1 is 0.952 bits per heavy atom. The monoisotopic (exact) mass is 280 g/mol. The van der Waals surface area contributed by atoms with Crippen LogP contribution in [0.25, 0.3) is 0 Å². The molecule has 5 nitrogen and oxygen atoms in total. The first kappa shape index (κ1) is 13.2. The van der Waals surface area contributed by atoms with Crippen LogP contribution in [0.2, 0.25) is 0 Å². The fourth-order valence-electron chi connectivity index (χ4n) is 2.10. The fraction of sp³-hybridized carbons (Fsp3) is 0.0625. The molecule has 0 aromatic heterocycles. The Morgan fingerprint density at radius 3 is 2.29 bits per heavy atom. The van der Waals surface area contributed by atoms with Gasteiger partial charge in [-0.05, 0) is 29.8 Å². The summed E-state index contributed by atoms with van der Waals surface area (Å²) in [7, 11) is 0. The number of benzene rings is 2. The Balaban J connectivity index is 1.81. The molecule has 1 atom stereocenters. The zero-order valence-electron chi connectivity index (χ0n) is 11.4. The Bertz CT molecular complexity index is 679. The van der Waals surface area contributed by atoms with E-state index in [4.69, 9.17) is 16.2 Å². The molecule has 2 aromatic carbocycles. The molecule has 5 heteroatoms. The highest BCUT2D eigenvalue weighted by atomic mass is 16.5. The molecule has 0 bridgehead atoms. The molecular weight excluding hydrogens is 264 g/mol. The molecule has 0 radical (unpaired) electrons. The van der Waals surface area contributed by atoms with Crippen LogP contribution in [0.15, 0.2) is 71.5 Å². The minimum atomic E-state index is -0.944. The van der Waals surface area contributed by atoms with Gasteiger partial charge in [-0.1, -0.05) is 30.3 Å². The number of nitrogens with two attached hydrogens (primary N) is 2. The standard InChI is InChI=1S/C16H16N4O/c17-15-10-16(18,20-11-19-15)12-6-8-14(9-7-12)21-13-4-2-1-3-5-13/h1-11H,17-18H2,(H,19,20). The van der Waals surface area contributed by atoms with Crippen LogP contribution in [0.4, 0.5) is 0 Å². The van der Waals surface area contributed by atoms with Gasteiger partial charge in [-0.15, -0.1) is 0 Å². The number of aliphatic imine (C=N–C) groups is 1. The predicted octanol–water partition coefficient (Wildman–Crippen LogP) is 2.02. The summed E-state index contributed by atoms with van der Waals surface area (Å²) in [4.78, 5) is 4.24. The van der Waals surface area contributed by atoms with Gasteiger partial charge in [0.25, 0.3) is 0 Å². The highest BCUT2D eigenvalue weighted by Gasteiger charge is 2.25. The molecule has 0 fully saturated rings. The van der Waals surface area contributed by atoms with Crippen LogP contribution in [0.3, 0.4) is 0 Å². The van der Waals surface area contributed by atoms with Crippen LogP contribution in [-0.4, -0.2) is 6.34 Å². The average molecular weight is 280 g/mol. The molecule has 1 aliphatic heterocycles. The number of nitrogens with zero attached hydrogens (tertiary/aromatic N) is 1. The van der Waals surface area contributed by atoms with Crippen LogP contribution in [0, 0.1) is 0 Å². The lowest BCUT2D eigenvalue weighted by molar-refractivity contribution is 0.481. The summed E-state index contributed by atoms with van der Waals surface area (Å²) < 4.78 is 5.74. The molecule has 21 heavy (non-hydrogen) atoms. The van der Waals surface area contributed by atoms with Crippen LogP contribution in [-0.2, 0) is 5.66 Å². The second-order valence-corrected chi connectivity index (χ2v) is 4.77. The van der Waals surface area contributed by atoms with E-state index in [0.29, 0.717) is 5.82 Å². The van der Waals surface area contributed by atoms with Gasteiger partial charge in [0.2, 0.25) is 0 Å². The van der Waals surface area contributed by atoms with E-state index in [1.807, 2.05) is 54.6 Å². The normalized spacial score (nSPS) is 20.5. The SMILES string of the molecule is NC1=CC(N)(c2ccc(Oc3ccccc3)cc2)N=CN1. The van der Waals surface area contributed by atoms with Crippen molar-refractivity contribution in [2.45, 2.75) is 5.66 Å². The van der Waals surface area contributed by atoms with E-state index < -0.39 is 5.66 Å². The van der Waals surface area contributed by atoms with Gasteiger partial charge in [0.1, 0.15) is 17.3 Å². The molecule has 0 amide bonds. The van der Waals surface area contributed by atoms with Crippen molar-refractivity contribution in [2.24, 2.45) is 16.5 Å².